The molecular formula is C18H21ClN2O2. The van der Waals surface area contributed by atoms with Gasteiger partial charge in [-0.3, -0.25) is 4.79 Å². The van der Waals surface area contributed by atoms with E-state index in [1.807, 2.05) is 50.2 Å². The second-order valence-electron chi connectivity index (χ2n) is 5.34. The Morgan fingerprint density at radius 3 is 2.70 bits per heavy atom. The Labute approximate surface area is 141 Å². The SMILES string of the molecule is COc1ccc(C)cc1NC(=O)CCNc1cccc(Cl)c1C. The lowest BCUT2D eigenvalue weighted by atomic mass is 10.2. The van der Waals surface area contributed by atoms with Crippen molar-refractivity contribution in [1.82, 2.24) is 0 Å². The van der Waals surface area contributed by atoms with Crippen LogP contribution in [-0.4, -0.2) is 19.6 Å². The molecule has 0 aliphatic heterocycles. The van der Waals surface area contributed by atoms with Gasteiger partial charge in [0.1, 0.15) is 5.75 Å². The van der Waals surface area contributed by atoms with Crippen LogP contribution in [0.5, 0.6) is 5.75 Å². The van der Waals surface area contributed by atoms with E-state index in [2.05, 4.69) is 10.6 Å². The van der Waals surface area contributed by atoms with E-state index in [4.69, 9.17) is 16.3 Å². The summed E-state index contributed by atoms with van der Waals surface area (Å²) in [5.41, 5.74) is 3.68. The Balaban J connectivity index is 1.91. The Bertz CT molecular complexity index is 701. The number of ether oxygens (including phenoxy) is 1. The highest BCUT2D eigenvalue weighted by molar-refractivity contribution is 6.31. The fourth-order valence-corrected chi connectivity index (χ4v) is 2.42. The molecule has 0 saturated carbocycles. The minimum absolute atomic E-state index is 0.0684. The van der Waals surface area contributed by atoms with Gasteiger partial charge < -0.3 is 15.4 Å². The molecule has 0 spiro atoms. The van der Waals surface area contributed by atoms with Gasteiger partial charge in [0.15, 0.2) is 0 Å². The number of hydrogen-bond donors (Lipinski definition) is 2. The van der Waals surface area contributed by atoms with Gasteiger partial charge in [-0.15, -0.1) is 0 Å². The van der Waals surface area contributed by atoms with E-state index in [1.54, 1.807) is 7.11 Å². The van der Waals surface area contributed by atoms with Crippen LogP contribution < -0.4 is 15.4 Å². The Morgan fingerprint density at radius 2 is 1.96 bits per heavy atom. The van der Waals surface area contributed by atoms with E-state index < -0.39 is 0 Å². The fourth-order valence-electron chi connectivity index (χ4n) is 2.24. The van der Waals surface area contributed by atoms with Crippen LogP contribution in [-0.2, 0) is 4.79 Å². The Hall–Kier alpha value is -2.20. The summed E-state index contributed by atoms with van der Waals surface area (Å²) in [7, 11) is 1.59. The van der Waals surface area contributed by atoms with Crippen molar-refractivity contribution in [2.75, 3.05) is 24.3 Å². The van der Waals surface area contributed by atoms with E-state index >= 15 is 0 Å². The van der Waals surface area contributed by atoms with Crippen molar-refractivity contribution >= 4 is 28.9 Å². The average molecular weight is 333 g/mol. The molecule has 2 N–H and O–H groups in total. The van der Waals surface area contributed by atoms with Gasteiger partial charge in [-0.25, -0.2) is 0 Å². The topological polar surface area (TPSA) is 50.4 Å². The number of rotatable bonds is 6. The monoisotopic (exact) mass is 332 g/mol. The molecule has 0 aliphatic carbocycles. The number of anilines is 2. The summed E-state index contributed by atoms with van der Waals surface area (Å²) >= 11 is 6.08. The van der Waals surface area contributed by atoms with Crippen LogP contribution in [0.3, 0.4) is 0 Å². The van der Waals surface area contributed by atoms with Crippen molar-refractivity contribution in [2.45, 2.75) is 20.3 Å². The number of carbonyl (C=O) groups excluding carboxylic acids is 1. The molecule has 1 amide bonds. The first-order valence-corrected chi connectivity index (χ1v) is 7.82. The lowest BCUT2D eigenvalue weighted by molar-refractivity contribution is -0.116. The summed E-state index contributed by atoms with van der Waals surface area (Å²) in [4.78, 5) is 12.1. The van der Waals surface area contributed by atoms with Crippen molar-refractivity contribution in [1.29, 1.82) is 0 Å². The molecule has 0 radical (unpaired) electrons. The third-order valence-corrected chi connectivity index (χ3v) is 3.97. The number of methoxy groups -OCH3 is 1. The van der Waals surface area contributed by atoms with E-state index in [0.717, 1.165) is 16.8 Å². The quantitative estimate of drug-likeness (QED) is 0.824. The lowest BCUT2D eigenvalue weighted by Crippen LogP contribution is -2.17. The number of hydrogen-bond acceptors (Lipinski definition) is 3. The van der Waals surface area contributed by atoms with E-state index in [-0.39, 0.29) is 5.91 Å². The van der Waals surface area contributed by atoms with Gasteiger partial charge in [-0.1, -0.05) is 23.7 Å². The molecule has 0 fully saturated rings. The maximum absolute atomic E-state index is 12.1. The van der Waals surface area contributed by atoms with Gasteiger partial charge in [-0.2, -0.15) is 0 Å². The molecule has 122 valence electrons. The summed E-state index contributed by atoms with van der Waals surface area (Å²) in [6.45, 7) is 4.45. The van der Waals surface area contributed by atoms with Crippen LogP contribution in [0, 0.1) is 13.8 Å². The molecular weight excluding hydrogens is 312 g/mol. The zero-order valence-corrected chi connectivity index (χ0v) is 14.3. The van der Waals surface area contributed by atoms with Crippen LogP contribution in [0.4, 0.5) is 11.4 Å². The van der Waals surface area contributed by atoms with Gasteiger partial charge in [0.25, 0.3) is 0 Å². The molecule has 0 atom stereocenters. The van der Waals surface area contributed by atoms with E-state index in [9.17, 15) is 4.79 Å². The zero-order valence-electron chi connectivity index (χ0n) is 13.6. The average Bonchev–Trinajstić information content (AvgIpc) is 2.52. The highest BCUT2D eigenvalue weighted by atomic mass is 35.5. The Kier molecular flexibility index (Phi) is 5.88. The molecule has 2 aromatic carbocycles. The molecule has 0 aliphatic rings. The third-order valence-electron chi connectivity index (χ3n) is 3.56. The van der Waals surface area contributed by atoms with Crippen LogP contribution in [0.25, 0.3) is 0 Å². The number of amides is 1. The molecule has 5 heteroatoms. The maximum Gasteiger partial charge on any atom is 0.226 e. The van der Waals surface area contributed by atoms with Crippen molar-refractivity contribution in [3.8, 4) is 5.75 Å². The molecule has 0 saturated heterocycles. The molecule has 23 heavy (non-hydrogen) atoms. The summed E-state index contributed by atoms with van der Waals surface area (Å²) < 4.78 is 5.26. The molecule has 4 nitrogen and oxygen atoms in total. The highest BCUT2D eigenvalue weighted by Crippen LogP contribution is 2.25. The largest absolute Gasteiger partial charge is 0.495 e. The summed E-state index contributed by atoms with van der Waals surface area (Å²) in [5.74, 6) is 0.587. The van der Waals surface area contributed by atoms with Gasteiger partial charge in [0, 0.05) is 23.7 Å². The lowest BCUT2D eigenvalue weighted by Gasteiger charge is -2.12. The van der Waals surface area contributed by atoms with Crippen LogP contribution in [0.1, 0.15) is 17.5 Å². The number of halogens is 1. The molecule has 0 aromatic heterocycles. The van der Waals surface area contributed by atoms with Crippen LogP contribution in [0.2, 0.25) is 5.02 Å². The van der Waals surface area contributed by atoms with Crippen molar-refractivity contribution in [3.05, 3.63) is 52.5 Å². The molecule has 2 rings (SSSR count). The van der Waals surface area contributed by atoms with E-state index in [0.29, 0.717) is 29.4 Å². The van der Waals surface area contributed by atoms with Gasteiger partial charge >= 0.3 is 0 Å². The van der Waals surface area contributed by atoms with Crippen LogP contribution >= 0.6 is 11.6 Å². The second-order valence-corrected chi connectivity index (χ2v) is 5.75. The summed E-state index contributed by atoms with van der Waals surface area (Å²) in [5, 5.41) is 6.83. The number of aryl methyl sites for hydroxylation is 1. The Morgan fingerprint density at radius 1 is 1.17 bits per heavy atom. The molecule has 2 aromatic rings. The smallest absolute Gasteiger partial charge is 0.226 e. The van der Waals surface area contributed by atoms with Crippen molar-refractivity contribution in [3.63, 3.8) is 0 Å². The fraction of sp³-hybridized carbons (Fsp3) is 0.278. The van der Waals surface area contributed by atoms with Gasteiger partial charge in [-0.05, 0) is 49.2 Å². The summed E-state index contributed by atoms with van der Waals surface area (Å²) in [6.07, 6.45) is 0.350. The maximum atomic E-state index is 12.1. The van der Waals surface area contributed by atoms with Gasteiger partial charge in [0.05, 0.1) is 12.8 Å². The predicted molar refractivity (Wildman–Crippen MR) is 95.7 cm³/mol. The minimum Gasteiger partial charge on any atom is -0.495 e. The number of benzene rings is 2. The predicted octanol–water partition coefficient (Wildman–Crippen LogP) is 4.41. The standard InChI is InChI=1S/C18H21ClN2O2/c1-12-7-8-17(23-3)16(11-12)21-18(22)9-10-20-15-6-4-5-14(19)13(15)2/h4-8,11,20H,9-10H2,1-3H3,(H,21,22). The first-order valence-electron chi connectivity index (χ1n) is 7.44. The minimum atomic E-state index is -0.0684. The molecule has 0 bridgehead atoms. The zero-order chi connectivity index (χ0) is 16.8. The van der Waals surface area contributed by atoms with Crippen molar-refractivity contribution < 1.29 is 9.53 Å². The molecule has 0 unspecified atom stereocenters. The molecule has 0 heterocycles. The van der Waals surface area contributed by atoms with E-state index in [1.165, 1.54) is 0 Å². The third kappa shape index (κ3) is 4.63. The number of nitrogens with one attached hydrogen (secondary N) is 2. The normalized spacial score (nSPS) is 10.3. The first-order chi connectivity index (χ1) is 11.0. The first kappa shape index (κ1) is 17.2. The van der Waals surface area contributed by atoms with Crippen molar-refractivity contribution in [2.24, 2.45) is 0 Å². The van der Waals surface area contributed by atoms with Crippen LogP contribution in [0.15, 0.2) is 36.4 Å². The highest BCUT2D eigenvalue weighted by Gasteiger charge is 2.08. The number of carbonyl (C=O) groups is 1. The second kappa shape index (κ2) is 7.88. The van der Waals surface area contributed by atoms with Gasteiger partial charge in [0.2, 0.25) is 5.91 Å². The summed E-state index contributed by atoms with van der Waals surface area (Å²) in [6, 6.07) is 11.4.